The molecule has 0 N–H and O–H groups in total. The molecule has 2 aromatic rings. The molecule has 4 heteroatoms. The number of hydrogen-bond donors (Lipinski definition) is 0. The molecule has 2 atom stereocenters. The third-order valence-corrected chi connectivity index (χ3v) is 3.57. The van der Waals surface area contributed by atoms with Crippen LogP contribution in [0.15, 0.2) is 40.9 Å². The topological polar surface area (TPSA) is 48.2 Å². The second-order valence-electron chi connectivity index (χ2n) is 5.16. The highest BCUT2D eigenvalue weighted by Crippen LogP contribution is 2.27. The first-order chi connectivity index (χ1) is 9.74. The van der Waals surface area contributed by atoms with Gasteiger partial charge in [0.1, 0.15) is 6.10 Å². The Kier molecular flexibility index (Phi) is 3.65. The summed E-state index contributed by atoms with van der Waals surface area (Å²) >= 11 is 0. The molecule has 0 spiro atoms. The van der Waals surface area contributed by atoms with E-state index in [9.17, 15) is 0 Å². The predicted molar refractivity (Wildman–Crippen MR) is 75.4 cm³/mol. The molecule has 1 aromatic carbocycles. The molecule has 4 nitrogen and oxygen atoms in total. The van der Waals surface area contributed by atoms with Gasteiger partial charge >= 0.3 is 0 Å². The van der Waals surface area contributed by atoms with Crippen LogP contribution in [0.5, 0.6) is 0 Å². The Morgan fingerprint density at radius 3 is 2.95 bits per heavy atom. The quantitative estimate of drug-likeness (QED) is 0.800. The van der Waals surface area contributed by atoms with Crippen LogP contribution in [0.3, 0.4) is 0 Å². The third kappa shape index (κ3) is 2.65. The smallest absolute Gasteiger partial charge is 0.256 e. The number of benzene rings is 1. The van der Waals surface area contributed by atoms with Gasteiger partial charge in [-0.1, -0.05) is 54.1 Å². The number of ether oxygens (including phenoxy) is 1. The van der Waals surface area contributed by atoms with E-state index in [2.05, 4.69) is 54.3 Å². The molecule has 0 bridgehead atoms. The number of aryl methyl sites for hydroxylation is 1. The van der Waals surface area contributed by atoms with Crippen LogP contribution in [0.4, 0.5) is 0 Å². The maximum absolute atomic E-state index is 5.60. The number of nitrogens with zero attached hydrogens (tertiary/aromatic N) is 2. The minimum atomic E-state index is -0.106. The Morgan fingerprint density at radius 2 is 2.20 bits per heavy atom. The van der Waals surface area contributed by atoms with Crippen molar-refractivity contribution in [3.63, 3.8) is 0 Å². The van der Waals surface area contributed by atoms with Crippen molar-refractivity contribution in [3.05, 3.63) is 59.3 Å². The lowest BCUT2D eigenvalue weighted by Crippen LogP contribution is -2.08. The number of aromatic nitrogens is 2. The summed E-state index contributed by atoms with van der Waals surface area (Å²) in [5.74, 6) is 1.40. The lowest BCUT2D eigenvalue weighted by molar-refractivity contribution is 0.0429. The molecule has 0 saturated heterocycles. The van der Waals surface area contributed by atoms with Gasteiger partial charge in [0.2, 0.25) is 0 Å². The zero-order valence-electron chi connectivity index (χ0n) is 11.7. The zero-order chi connectivity index (χ0) is 13.9. The van der Waals surface area contributed by atoms with Gasteiger partial charge in [-0.2, -0.15) is 4.98 Å². The summed E-state index contributed by atoms with van der Waals surface area (Å²) in [6.07, 6.45) is 4.77. The molecule has 0 amide bonds. The van der Waals surface area contributed by atoms with E-state index in [1.54, 1.807) is 0 Å². The van der Waals surface area contributed by atoms with Gasteiger partial charge in [0, 0.05) is 12.3 Å². The van der Waals surface area contributed by atoms with Crippen LogP contribution in [-0.4, -0.2) is 16.7 Å². The summed E-state index contributed by atoms with van der Waals surface area (Å²) in [5, 5.41) is 4.11. The van der Waals surface area contributed by atoms with Crippen molar-refractivity contribution in [1.29, 1.82) is 0 Å². The molecular formula is C16H18N2O2. The van der Waals surface area contributed by atoms with Crippen molar-refractivity contribution in [2.75, 3.05) is 6.61 Å². The van der Waals surface area contributed by atoms with Crippen LogP contribution < -0.4 is 0 Å². The zero-order valence-corrected chi connectivity index (χ0v) is 11.7. The van der Waals surface area contributed by atoms with Crippen molar-refractivity contribution in [3.8, 4) is 0 Å². The molecular weight excluding hydrogens is 252 g/mol. The normalized spacial score (nSPS) is 20.0. The Hall–Kier alpha value is -1.94. The van der Waals surface area contributed by atoms with Crippen LogP contribution in [0, 0.1) is 6.92 Å². The van der Waals surface area contributed by atoms with E-state index in [0.29, 0.717) is 18.3 Å². The second kappa shape index (κ2) is 5.59. The summed E-state index contributed by atoms with van der Waals surface area (Å²) in [4.78, 5) is 4.50. The van der Waals surface area contributed by atoms with E-state index in [-0.39, 0.29) is 12.0 Å². The molecule has 2 heterocycles. The van der Waals surface area contributed by atoms with E-state index in [4.69, 9.17) is 9.26 Å². The van der Waals surface area contributed by atoms with E-state index >= 15 is 0 Å². The van der Waals surface area contributed by atoms with Crippen LogP contribution >= 0.6 is 0 Å². The van der Waals surface area contributed by atoms with E-state index in [1.807, 2.05) is 6.08 Å². The molecule has 0 saturated carbocycles. The first-order valence-electron chi connectivity index (χ1n) is 6.90. The summed E-state index contributed by atoms with van der Waals surface area (Å²) < 4.78 is 11.0. The molecule has 1 aromatic heterocycles. The molecule has 104 valence electrons. The Labute approximate surface area is 118 Å². The van der Waals surface area contributed by atoms with Crippen LogP contribution in [0.2, 0.25) is 0 Å². The Balaban J connectivity index is 1.80. The van der Waals surface area contributed by atoms with Gasteiger partial charge in [-0.05, 0) is 12.5 Å². The van der Waals surface area contributed by atoms with Crippen LogP contribution in [0.25, 0.3) is 0 Å². The van der Waals surface area contributed by atoms with Gasteiger partial charge < -0.3 is 9.26 Å². The summed E-state index contributed by atoms with van der Waals surface area (Å²) in [6.45, 7) is 4.78. The highest BCUT2D eigenvalue weighted by atomic mass is 16.5. The largest absolute Gasteiger partial charge is 0.364 e. The fourth-order valence-electron chi connectivity index (χ4n) is 2.34. The summed E-state index contributed by atoms with van der Waals surface area (Å²) in [6, 6.07) is 8.38. The maximum atomic E-state index is 5.60. The molecule has 0 fully saturated rings. The summed E-state index contributed by atoms with van der Waals surface area (Å²) in [7, 11) is 0. The number of rotatable bonds is 3. The maximum Gasteiger partial charge on any atom is 0.256 e. The van der Waals surface area contributed by atoms with Crippen LogP contribution in [0.1, 0.15) is 48.2 Å². The van der Waals surface area contributed by atoms with Gasteiger partial charge in [0.15, 0.2) is 5.82 Å². The molecule has 1 aliphatic heterocycles. The monoisotopic (exact) mass is 270 g/mol. The van der Waals surface area contributed by atoms with Crippen molar-refractivity contribution < 1.29 is 9.26 Å². The first kappa shape index (κ1) is 13.1. The van der Waals surface area contributed by atoms with Crippen LogP contribution in [-0.2, 0) is 4.74 Å². The van der Waals surface area contributed by atoms with Gasteiger partial charge in [-0.3, -0.25) is 0 Å². The fourth-order valence-corrected chi connectivity index (χ4v) is 2.34. The molecule has 2 unspecified atom stereocenters. The minimum Gasteiger partial charge on any atom is -0.364 e. The van der Waals surface area contributed by atoms with Gasteiger partial charge in [0.25, 0.3) is 5.89 Å². The average Bonchev–Trinajstić information content (AvgIpc) is 2.97. The van der Waals surface area contributed by atoms with E-state index in [1.165, 1.54) is 11.1 Å². The highest BCUT2D eigenvalue weighted by Gasteiger charge is 2.22. The highest BCUT2D eigenvalue weighted by molar-refractivity contribution is 5.28. The third-order valence-electron chi connectivity index (χ3n) is 3.57. The Morgan fingerprint density at radius 1 is 1.30 bits per heavy atom. The SMILES string of the molecule is Cc1cccc(C(C)c2noc(C3CC=CCO3)n2)c1. The fraction of sp³-hybridized carbons (Fsp3) is 0.375. The molecule has 3 rings (SSSR count). The standard InChI is InChI=1S/C16H18N2O2/c1-11-6-5-7-13(10-11)12(2)15-17-16(20-18-15)14-8-3-4-9-19-14/h3-7,10,12,14H,8-9H2,1-2H3. The minimum absolute atomic E-state index is 0.106. The van der Waals surface area contributed by atoms with Gasteiger partial charge in [-0.15, -0.1) is 0 Å². The molecule has 1 aliphatic rings. The lowest BCUT2D eigenvalue weighted by atomic mass is 9.99. The molecule has 0 aliphatic carbocycles. The van der Waals surface area contributed by atoms with E-state index < -0.39 is 0 Å². The van der Waals surface area contributed by atoms with Crippen molar-refractivity contribution in [2.45, 2.75) is 32.3 Å². The molecule has 20 heavy (non-hydrogen) atoms. The van der Waals surface area contributed by atoms with Crippen molar-refractivity contribution >= 4 is 0 Å². The van der Waals surface area contributed by atoms with E-state index in [0.717, 1.165) is 6.42 Å². The lowest BCUT2D eigenvalue weighted by Gasteiger charge is -2.14. The second-order valence-corrected chi connectivity index (χ2v) is 5.16. The average molecular weight is 270 g/mol. The van der Waals surface area contributed by atoms with Gasteiger partial charge in [-0.25, -0.2) is 0 Å². The van der Waals surface area contributed by atoms with Crippen molar-refractivity contribution in [2.24, 2.45) is 0 Å². The summed E-state index contributed by atoms with van der Waals surface area (Å²) in [5.41, 5.74) is 2.43. The van der Waals surface area contributed by atoms with Gasteiger partial charge in [0.05, 0.1) is 6.61 Å². The predicted octanol–water partition coefficient (Wildman–Crippen LogP) is 3.55. The van der Waals surface area contributed by atoms with Crippen molar-refractivity contribution in [1.82, 2.24) is 10.1 Å². The first-order valence-corrected chi connectivity index (χ1v) is 6.90. The molecule has 0 radical (unpaired) electrons. The number of hydrogen-bond acceptors (Lipinski definition) is 4. The Bertz CT molecular complexity index is 618.